The van der Waals surface area contributed by atoms with Crippen molar-refractivity contribution < 1.29 is 14.3 Å². The molecule has 4 heteroatoms. The van der Waals surface area contributed by atoms with E-state index in [-0.39, 0.29) is 11.5 Å². The van der Waals surface area contributed by atoms with Gasteiger partial charge < -0.3 is 9.52 Å². The summed E-state index contributed by atoms with van der Waals surface area (Å²) < 4.78 is 5.68. The highest BCUT2D eigenvalue weighted by atomic mass is 32.2. The number of benzene rings is 2. The van der Waals surface area contributed by atoms with Crippen molar-refractivity contribution in [2.75, 3.05) is 6.26 Å². The Bertz CT molecular complexity index is 775. The Morgan fingerprint density at radius 1 is 1.15 bits per heavy atom. The van der Waals surface area contributed by atoms with Crippen LogP contribution in [0.15, 0.2) is 58.0 Å². The number of phenolic OH excluding ortho intramolecular Hbond substituents is 1. The van der Waals surface area contributed by atoms with E-state index in [4.69, 9.17) is 4.42 Å². The van der Waals surface area contributed by atoms with E-state index in [2.05, 4.69) is 0 Å². The molecule has 20 heavy (non-hydrogen) atoms. The standard InChI is InChI=1S/C16H12O3S/c1-20-16-14(15(18)10-5-3-2-4-6-10)12-9-11(17)7-8-13(12)19-16/h2-9,17H,1H3. The summed E-state index contributed by atoms with van der Waals surface area (Å²) in [6, 6.07) is 13.8. The summed E-state index contributed by atoms with van der Waals surface area (Å²) in [6.07, 6.45) is 1.86. The number of carbonyl (C=O) groups is 1. The number of hydrogen-bond donors (Lipinski definition) is 1. The SMILES string of the molecule is CSc1oc2ccc(O)cc2c1C(=O)c1ccccc1. The Hall–Kier alpha value is -2.20. The molecule has 100 valence electrons. The number of hydrogen-bond acceptors (Lipinski definition) is 4. The molecule has 0 amide bonds. The number of fused-ring (bicyclic) bond motifs is 1. The molecule has 0 aliphatic heterocycles. The highest BCUT2D eigenvalue weighted by molar-refractivity contribution is 7.98. The summed E-state index contributed by atoms with van der Waals surface area (Å²) in [6.45, 7) is 0. The second-order valence-electron chi connectivity index (χ2n) is 4.34. The fraction of sp³-hybridized carbons (Fsp3) is 0.0625. The zero-order valence-corrected chi connectivity index (χ0v) is 11.6. The molecule has 1 aromatic heterocycles. The molecule has 0 unspecified atom stereocenters. The van der Waals surface area contributed by atoms with Crippen molar-refractivity contribution in [1.82, 2.24) is 0 Å². The van der Waals surface area contributed by atoms with Crippen LogP contribution < -0.4 is 0 Å². The van der Waals surface area contributed by atoms with Gasteiger partial charge in [-0.2, -0.15) is 0 Å². The summed E-state index contributed by atoms with van der Waals surface area (Å²) in [5, 5.41) is 10.8. The van der Waals surface area contributed by atoms with Crippen molar-refractivity contribution in [3.05, 3.63) is 59.7 Å². The van der Waals surface area contributed by atoms with Crippen LogP contribution in [0, 0.1) is 0 Å². The van der Waals surface area contributed by atoms with Crippen molar-refractivity contribution in [2.45, 2.75) is 5.09 Å². The minimum atomic E-state index is -0.0979. The predicted molar refractivity (Wildman–Crippen MR) is 79.5 cm³/mol. The van der Waals surface area contributed by atoms with Crippen LogP contribution >= 0.6 is 11.8 Å². The van der Waals surface area contributed by atoms with Crippen LogP contribution in [-0.4, -0.2) is 17.1 Å². The number of rotatable bonds is 3. The first kappa shape index (κ1) is 12.8. The van der Waals surface area contributed by atoms with Gasteiger partial charge in [0.15, 0.2) is 10.9 Å². The maximum atomic E-state index is 12.7. The third-order valence-corrected chi connectivity index (χ3v) is 3.75. The van der Waals surface area contributed by atoms with Crippen LogP contribution in [0.25, 0.3) is 11.0 Å². The molecule has 1 heterocycles. The fourth-order valence-electron chi connectivity index (χ4n) is 2.16. The third-order valence-electron chi connectivity index (χ3n) is 3.09. The minimum absolute atomic E-state index is 0.0979. The van der Waals surface area contributed by atoms with E-state index in [1.54, 1.807) is 30.3 Å². The van der Waals surface area contributed by atoms with Crippen molar-refractivity contribution in [3.63, 3.8) is 0 Å². The minimum Gasteiger partial charge on any atom is -0.508 e. The number of aromatic hydroxyl groups is 1. The zero-order valence-electron chi connectivity index (χ0n) is 10.8. The van der Waals surface area contributed by atoms with Crippen molar-refractivity contribution in [3.8, 4) is 5.75 Å². The summed E-state index contributed by atoms with van der Waals surface area (Å²) in [7, 11) is 0. The highest BCUT2D eigenvalue weighted by Crippen LogP contribution is 2.35. The Morgan fingerprint density at radius 3 is 2.60 bits per heavy atom. The number of ketones is 1. The Kier molecular flexibility index (Phi) is 3.24. The van der Waals surface area contributed by atoms with E-state index >= 15 is 0 Å². The molecule has 0 radical (unpaired) electrons. The van der Waals surface area contributed by atoms with E-state index in [1.807, 2.05) is 24.5 Å². The molecule has 1 N–H and O–H groups in total. The molecule has 0 aliphatic carbocycles. The van der Waals surface area contributed by atoms with Crippen LogP contribution in [0.1, 0.15) is 15.9 Å². The van der Waals surface area contributed by atoms with Crippen LogP contribution in [-0.2, 0) is 0 Å². The molecule has 3 aromatic rings. The van der Waals surface area contributed by atoms with E-state index in [0.717, 1.165) is 0 Å². The van der Waals surface area contributed by atoms with Gasteiger partial charge in [-0.1, -0.05) is 42.1 Å². The maximum Gasteiger partial charge on any atom is 0.198 e. The monoisotopic (exact) mass is 284 g/mol. The van der Waals surface area contributed by atoms with Crippen molar-refractivity contribution >= 4 is 28.5 Å². The topological polar surface area (TPSA) is 50.4 Å². The van der Waals surface area contributed by atoms with Crippen LogP contribution in [0.2, 0.25) is 0 Å². The normalized spacial score (nSPS) is 10.8. The average Bonchev–Trinajstić information content (AvgIpc) is 2.85. The van der Waals surface area contributed by atoms with Crippen LogP contribution in [0.3, 0.4) is 0 Å². The highest BCUT2D eigenvalue weighted by Gasteiger charge is 2.21. The number of thioether (sulfide) groups is 1. The van der Waals surface area contributed by atoms with Crippen LogP contribution in [0.4, 0.5) is 0 Å². The first-order chi connectivity index (χ1) is 9.70. The number of phenols is 1. The molecule has 0 atom stereocenters. The molecule has 0 saturated carbocycles. The van der Waals surface area contributed by atoms with Gasteiger partial charge in [-0.25, -0.2) is 0 Å². The largest absolute Gasteiger partial charge is 0.508 e. The van der Waals surface area contributed by atoms with Crippen LogP contribution in [0.5, 0.6) is 5.75 Å². The van der Waals surface area contributed by atoms with Gasteiger partial charge in [-0.15, -0.1) is 0 Å². The van der Waals surface area contributed by atoms with Gasteiger partial charge in [-0.3, -0.25) is 4.79 Å². The Labute approximate surface area is 120 Å². The van der Waals surface area contributed by atoms with Gasteiger partial charge in [0.25, 0.3) is 0 Å². The van der Waals surface area contributed by atoms with Gasteiger partial charge in [0.2, 0.25) is 0 Å². The molecular weight excluding hydrogens is 272 g/mol. The summed E-state index contributed by atoms with van der Waals surface area (Å²) in [5.41, 5.74) is 1.72. The number of carbonyl (C=O) groups excluding carboxylic acids is 1. The Balaban J connectivity index is 2.24. The Morgan fingerprint density at radius 2 is 1.90 bits per heavy atom. The predicted octanol–water partition coefficient (Wildman–Crippen LogP) is 4.09. The first-order valence-electron chi connectivity index (χ1n) is 6.10. The smallest absolute Gasteiger partial charge is 0.198 e. The molecule has 0 fully saturated rings. The van der Waals surface area contributed by atoms with Crippen molar-refractivity contribution in [2.24, 2.45) is 0 Å². The quantitative estimate of drug-likeness (QED) is 0.581. The average molecular weight is 284 g/mol. The van der Waals surface area contributed by atoms with E-state index in [0.29, 0.717) is 27.2 Å². The molecule has 3 rings (SSSR count). The lowest BCUT2D eigenvalue weighted by atomic mass is 10.0. The fourth-order valence-corrected chi connectivity index (χ4v) is 2.74. The lowest BCUT2D eigenvalue weighted by molar-refractivity contribution is 0.103. The molecule has 3 nitrogen and oxygen atoms in total. The molecule has 0 bridgehead atoms. The molecule has 0 aliphatic rings. The van der Waals surface area contributed by atoms with Gasteiger partial charge >= 0.3 is 0 Å². The van der Waals surface area contributed by atoms with Gasteiger partial charge in [-0.05, 0) is 24.5 Å². The van der Waals surface area contributed by atoms with Gasteiger partial charge in [0, 0.05) is 10.9 Å². The van der Waals surface area contributed by atoms with Crippen molar-refractivity contribution in [1.29, 1.82) is 0 Å². The molecule has 2 aromatic carbocycles. The third kappa shape index (κ3) is 2.08. The summed E-state index contributed by atoms with van der Waals surface area (Å²) >= 11 is 1.38. The maximum absolute atomic E-state index is 12.7. The summed E-state index contributed by atoms with van der Waals surface area (Å²) in [4.78, 5) is 12.7. The molecule has 0 spiro atoms. The second kappa shape index (κ2) is 5.06. The summed E-state index contributed by atoms with van der Waals surface area (Å²) in [5.74, 6) is 0.0207. The zero-order chi connectivity index (χ0) is 14.1. The second-order valence-corrected chi connectivity index (χ2v) is 5.12. The lowest BCUT2D eigenvalue weighted by Crippen LogP contribution is -2.01. The van der Waals surface area contributed by atoms with Gasteiger partial charge in [0.1, 0.15) is 11.3 Å². The number of furan rings is 1. The molecular formula is C16H12O3S. The lowest BCUT2D eigenvalue weighted by Gasteiger charge is -2.01. The first-order valence-corrected chi connectivity index (χ1v) is 7.32. The van der Waals surface area contributed by atoms with E-state index < -0.39 is 0 Å². The van der Waals surface area contributed by atoms with Gasteiger partial charge in [0.05, 0.1) is 5.56 Å². The van der Waals surface area contributed by atoms with E-state index in [9.17, 15) is 9.90 Å². The van der Waals surface area contributed by atoms with E-state index in [1.165, 1.54) is 11.8 Å². The molecule has 0 saturated heterocycles.